The van der Waals surface area contributed by atoms with Crippen LogP contribution < -0.4 is 0 Å². The molecule has 0 saturated carbocycles. The molecule has 0 aromatic carbocycles. The van der Waals surface area contributed by atoms with Gasteiger partial charge in [0.05, 0.1) is 34.4 Å². The van der Waals surface area contributed by atoms with Crippen LogP contribution in [0.5, 0.6) is 0 Å². The van der Waals surface area contributed by atoms with E-state index in [9.17, 15) is 19.5 Å². The number of carbonyl (C=O) groups excluding carboxylic acids is 2. The van der Waals surface area contributed by atoms with Gasteiger partial charge in [0.2, 0.25) is 0 Å². The number of unbranched alkanes of at least 4 members (excludes halogenated alkanes) is 55. The molecule has 0 aliphatic carbocycles. The highest BCUT2D eigenvalue weighted by Crippen LogP contribution is 2.20. The molecule has 0 aliphatic heterocycles. The number of esters is 2. The third-order valence-corrected chi connectivity index (χ3v) is 18.0. The van der Waals surface area contributed by atoms with E-state index in [1.165, 1.54) is 334 Å². The fourth-order valence-corrected chi connectivity index (χ4v) is 12.0. The van der Waals surface area contributed by atoms with Gasteiger partial charge in [0.1, 0.15) is 13.2 Å². The molecule has 0 aromatic rings. The molecule has 0 fully saturated rings. The third-order valence-electron chi connectivity index (χ3n) is 18.0. The minimum Gasteiger partial charge on any atom is -0.477 e. The molecule has 0 spiro atoms. The Labute approximate surface area is 548 Å². The van der Waals surface area contributed by atoms with Gasteiger partial charge in [0.15, 0.2) is 6.10 Å². The van der Waals surface area contributed by atoms with Gasteiger partial charge in [-0.25, -0.2) is 4.79 Å². The summed E-state index contributed by atoms with van der Waals surface area (Å²) in [5.74, 6) is -1.97. The van der Waals surface area contributed by atoms with Crippen LogP contribution in [0.3, 0.4) is 0 Å². The first-order chi connectivity index (χ1) is 43.1. The summed E-state index contributed by atoms with van der Waals surface area (Å²) in [4.78, 5) is 37.7. The van der Waals surface area contributed by atoms with Crippen molar-refractivity contribution in [2.75, 3.05) is 47.5 Å². The highest BCUT2D eigenvalue weighted by atomic mass is 16.7. The SMILES string of the molecule is CCCCCCC/C=C\C/C=C\CCCCCCCCCCCCCCCCCCCCCCCC(=O)OC(COC(=O)CCCCCCCCCCCCCCCCCCCCCCCCCCCCCCCC)COC(OCC[N+](C)(C)C)C(=O)O. The predicted octanol–water partition coefficient (Wildman–Crippen LogP) is 24.5. The van der Waals surface area contributed by atoms with Crippen molar-refractivity contribution in [2.45, 2.75) is 418 Å². The second-order valence-electron chi connectivity index (χ2n) is 28.0. The Morgan fingerprint density at radius 2 is 0.614 bits per heavy atom. The number of hydrogen-bond donors (Lipinski definition) is 1. The number of carboxylic acid groups (broad SMARTS) is 1. The van der Waals surface area contributed by atoms with Crippen LogP contribution in [-0.4, -0.2) is 87.4 Å². The molecule has 0 aromatic heterocycles. The van der Waals surface area contributed by atoms with Crippen molar-refractivity contribution in [3.8, 4) is 0 Å². The van der Waals surface area contributed by atoms with Crippen LogP contribution in [0, 0.1) is 0 Å². The summed E-state index contributed by atoms with van der Waals surface area (Å²) in [6, 6.07) is 0. The highest BCUT2D eigenvalue weighted by Gasteiger charge is 2.25. The lowest BCUT2D eigenvalue weighted by Crippen LogP contribution is -2.40. The van der Waals surface area contributed by atoms with Crippen molar-refractivity contribution < 1.29 is 42.9 Å². The van der Waals surface area contributed by atoms with E-state index < -0.39 is 18.4 Å². The van der Waals surface area contributed by atoms with Crippen molar-refractivity contribution in [1.82, 2.24) is 0 Å². The zero-order chi connectivity index (χ0) is 64.0. The minimum absolute atomic E-state index is 0.174. The zero-order valence-corrected chi connectivity index (χ0v) is 59.7. The van der Waals surface area contributed by atoms with Crippen LogP contribution in [0.1, 0.15) is 406 Å². The average Bonchev–Trinajstić information content (AvgIpc) is 3.62. The Kier molecular flexibility index (Phi) is 68.8. The topological polar surface area (TPSA) is 108 Å². The van der Waals surface area contributed by atoms with Gasteiger partial charge in [-0.15, -0.1) is 0 Å². The van der Waals surface area contributed by atoms with Crippen molar-refractivity contribution >= 4 is 17.9 Å². The smallest absolute Gasteiger partial charge is 0.361 e. The maximum absolute atomic E-state index is 13.0. The Morgan fingerprint density at radius 3 is 0.898 bits per heavy atom. The van der Waals surface area contributed by atoms with Gasteiger partial charge in [-0.05, 0) is 44.9 Å². The van der Waals surface area contributed by atoms with Gasteiger partial charge in [-0.2, -0.15) is 0 Å². The van der Waals surface area contributed by atoms with Crippen molar-refractivity contribution in [3.63, 3.8) is 0 Å². The van der Waals surface area contributed by atoms with E-state index in [4.69, 9.17) is 18.9 Å². The van der Waals surface area contributed by atoms with E-state index in [2.05, 4.69) is 38.2 Å². The number of quaternary nitrogens is 1. The van der Waals surface area contributed by atoms with E-state index in [1.54, 1.807) is 0 Å². The zero-order valence-electron chi connectivity index (χ0n) is 59.7. The summed E-state index contributed by atoms with van der Waals surface area (Å²) in [6.45, 7) is 4.96. The van der Waals surface area contributed by atoms with Gasteiger partial charge in [0, 0.05) is 12.8 Å². The molecule has 0 amide bonds. The summed E-state index contributed by atoms with van der Waals surface area (Å²) in [5, 5.41) is 9.77. The van der Waals surface area contributed by atoms with Gasteiger partial charge >= 0.3 is 17.9 Å². The summed E-state index contributed by atoms with van der Waals surface area (Å²) < 4.78 is 23.1. The maximum atomic E-state index is 13.0. The van der Waals surface area contributed by atoms with Crippen LogP contribution in [0.4, 0.5) is 0 Å². The van der Waals surface area contributed by atoms with Crippen molar-refractivity contribution in [3.05, 3.63) is 24.3 Å². The number of carboxylic acids is 1. The number of rotatable bonds is 74. The molecular formula is C79H152NO8+. The first kappa shape index (κ1) is 85.8. The van der Waals surface area contributed by atoms with Crippen LogP contribution in [0.15, 0.2) is 24.3 Å². The molecule has 2 unspecified atom stereocenters. The van der Waals surface area contributed by atoms with Crippen LogP contribution in [0.25, 0.3) is 0 Å². The van der Waals surface area contributed by atoms with Crippen LogP contribution in [0.2, 0.25) is 0 Å². The lowest BCUT2D eigenvalue weighted by Gasteiger charge is -2.25. The molecule has 0 heterocycles. The highest BCUT2D eigenvalue weighted by molar-refractivity contribution is 5.71. The van der Waals surface area contributed by atoms with E-state index >= 15 is 0 Å². The van der Waals surface area contributed by atoms with E-state index in [0.29, 0.717) is 17.4 Å². The number of hydrogen-bond acceptors (Lipinski definition) is 7. The lowest BCUT2D eigenvalue weighted by molar-refractivity contribution is -0.870. The number of nitrogens with zero attached hydrogens (tertiary/aromatic N) is 1. The first-order valence-corrected chi connectivity index (χ1v) is 39.0. The van der Waals surface area contributed by atoms with E-state index in [1.807, 2.05) is 21.1 Å². The Morgan fingerprint density at radius 1 is 0.341 bits per heavy atom. The largest absolute Gasteiger partial charge is 0.477 e. The molecule has 0 bridgehead atoms. The fraction of sp³-hybridized carbons (Fsp3) is 0.911. The average molecular weight is 1240 g/mol. The molecule has 0 radical (unpaired) electrons. The van der Waals surface area contributed by atoms with Gasteiger partial charge < -0.3 is 28.5 Å². The standard InChI is InChI=1S/C79H151NO8/c1-6-8-10-12-14-16-18-20-22-24-26-28-30-32-34-36-38-39-40-42-44-46-48-50-52-54-56-58-60-62-64-66-68-70-77(82)88-75(74-87-79(78(83)84)85-72-71-80(3,4)5)73-86-76(81)69-67-65-63-61-59-57-55-53-51-49-47-45-43-41-37-35-33-31-29-27-25-23-21-19-17-15-13-11-9-7-2/h18,20,24,26,75,79H,6-17,19,21-23,25,27-74H2,1-5H3/p+1/b20-18-,26-24-. The number of likely N-dealkylation sites (N-methyl/N-ethyl adjacent to an activating group) is 1. The lowest BCUT2D eigenvalue weighted by atomic mass is 10.0. The second-order valence-corrected chi connectivity index (χ2v) is 28.0. The number of ether oxygens (including phenoxy) is 4. The third kappa shape index (κ3) is 71.2. The fourth-order valence-electron chi connectivity index (χ4n) is 12.0. The maximum Gasteiger partial charge on any atom is 0.361 e. The van der Waals surface area contributed by atoms with E-state index in [0.717, 1.165) is 44.9 Å². The molecule has 1 N–H and O–H groups in total. The van der Waals surface area contributed by atoms with Crippen molar-refractivity contribution in [2.24, 2.45) is 0 Å². The summed E-state index contributed by atoms with van der Waals surface area (Å²) in [6.07, 6.45) is 86.2. The molecule has 0 rings (SSSR count). The van der Waals surface area contributed by atoms with Gasteiger partial charge in [0.25, 0.3) is 6.29 Å². The second kappa shape index (κ2) is 70.6. The van der Waals surface area contributed by atoms with Crippen molar-refractivity contribution in [1.29, 1.82) is 0 Å². The van der Waals surface area contributed by atoms with Crippen LogP contribution >= 0.6 is 0 Å². The predicted molar refractivity (Wildman–Crippen MR) is 378 cm³/mol. The monoisotopic (exact) mass is 1240 g/mol. The Balaban J connectivity index is 3.98. The summed E-state index contributed by atoms with van der Waals surface area (Å²) in [7, 11) is 6.00. The first-order valence-electron chi connectivity index (χ1n) is 39.0. The van der Waals surface area contributed by atoms with Crippen LogP contribution in [-0.2, 0) is 33.3 Å². The molecule has 520 valence electrons. The molecule has 2 atom stereocenters. The normalized spacial score (nSPS) is 12.7. The van der Waals surface area contributed by atoms with Gasteiger partial charge in [-0.1, -0.05) is 372 Å². The Bertz CT molecular complexity index is 1490. The molecular weight excluding hydrogens is 1090 g/mol. The minimum atomic E-state index is -1.51. The molecule has 88 heavy (non-hydrogen) atoms. The molecule has 9 nitrogen and oxygen atoms in total. The Hall–Kier alpha value is -2.23. The summed E-state index contributed by atoms with van der Waals surface area (Å²) >= 11 is 0. The molecule has 9 heteroatoms. The molecule has 0 aliphatic rings. The number of aliphatic carboxylic acids is 1. The summed E-state index contributed by atoms with van der Waals surface area (Å²) in [5.41, 5.74) is 0. The number of carbonyl (C=O) groups is 3. The quantitative estimate of drug-likeness (QED) is 0.0211. The van der Waals surface area contributed by atoms with E-state index in [-0.39, 0.29) is 38.2 Å². The van der Waals surface area contributed by atoms with Gasteiger partial charge in [-0.3, -0.25) is 9.59 Å². The molecule has 0 saturated heterocycles. The number of allylic oxidation sites excluding steroid dienone is 4.